The lowest BCUT2D eigenvalue weighted by molar-refractivity contribution is 0.119. The van der Waals surface area contributed by atoms with Crippen LogP contribution in [0.3, 0.4) is 0 Å². The number of oxazole rings is 1. The van der Waals surface area contributed by atoms with Crippen LogP contribution in [0.15, 0.2) is 59.0 Å². The van der Waals surface area contributed by atoms with Crippen LogP contribution < -0.4 is 9.64 Å². The lowest BCUT2D eigenvalue weighted by Gasteiger charge is -2.26. The highest BCUT2D eigenvalue weighted by Crippen LogP contribution is 2.31. The number of anilines is 1. The molecule has 6 nitrogen and oxygen atoms in total. The van der Waals surface area contributed by atoms with E-state index in [1.165, 1.54) is 0 Å². The smallest absolute Gasteiger partial charge is 0.230 e. The van der Waals surface area contributed by atoms with E-state index in [2.05, 4.69) is 22.0 Å². The van der Waals surface area contributed by atoms with Crippen LogP contribution in [0, 0.1) is 0 Å². The molecule has 1 fully saturated rings. The van der Waals surface area contributed by atoms with E-state index >= 15 is 0 Å². The zero-order valence-electron chi connectivity index (χ0n) is 15.9. The number of morpholine rings is 1. The van der Waals surface area contributed by atoms with Gasteiger partial charge in [-0.2, -0.15) is 0 Å². The summed E-state index contributed by atoms with van der Waals surface area (Å²) in [5.41, 5.74) is 2.69. The van der Waals surface area contributed by atoms with Crippen LogP contribution in [0.2, 0.25) is 0 Å². The molecule has 1 N–H and O–H groups in total. The largest absolute Gasteiger partial charge is 0.497 e. The quantitative estimate of drug-likeness (QED) is 0.708. The van der Waals surface area contributed by atoms with E-state index < -0.39 is 6.10 Å². The highest BCUT2D eigenvalue weighted by atomic mass is 16.5. The molecule has 1 aromatic heterocycles. The average Bonchev–Trinajstić information content (AvgIpc) is 3.18. The molecule has 0 bridgehead atoms. The first kappa shape index (κ1) is 18.5. The van der Waals surface area contributed by atoms with Crippen molar-refractivity contribution in [1.82, 2.24) is 4.98 Å². The van der Waals surface area contributed by atoms with E-state index in [4.69, 9.17) is 13.9 Å². The second kappa shape index (κ2) is 8.46. The fraction of sp³-hybridized carbons (Fsp3) is 0.318. The molecule has 1 aliphatic rings. The van der Waals surface area contributed by atoms with Crippen LogP contribution in [0.5, 0.6) is 5.75 Å². The summed E-state index contributed by atoms with van der Waals surface area (Å²) in [6, 6.07) is 17.4. The lowest BCUT2D eigenvalue weighted by Crippen LogP contribution is -2.36. The van der Waals surface area contributed by atoms with Gasteiger partial charge >= 0.3 is 0 Å². The SMILES string of the molecule is COc1ccc([C@H](O)c2nc(Cc3ccccc3)c(N3CCOCC3)o2)cc1. The molecule has 28 heavy (non-hydrogen) atoms. The normalized spacial score (nSPS) is 15.4. The lowest BCUT2D eigenvalue weighted by atomic mass is 10.1. The van der Waals surface area contributed by atoms with Crippen LogP contribution in [0.4, 0.5) is 5.88 Å². The van der Waals surface area contributed by atoms with Gasteiger partial charge in [-0.25, -0.2) is 4.98 Å². The molecule has 0 spiro atoms. The Bertz CT molecular complexity index is 887. The summed E-state index contributed by atoms with van der Waals surface area (Å²) < 4.78 is 16.7. The van der Waals surface area contributed by atoms with Gasteiger partial charge in [-0.1, -0.05) is 42.5 Å². The predicted molar refractivity (Wildman–Crippen MR) is 106 cm³/mol. The maximum absolute atomic E-state index is 10.8. The number of aliphatic hydroxyl groups is 1. The van der Waals surface area contributed by atoms with Crippen LogP contribution in [0.25, 0.3) is 0 Å². The summed E-state index contributed by atoms with van der Waals surface area (Å²) in [4.78, 5) is 6.81. The third-order valence-electron chi connectivity index (χ3n) is 4.87. The number of nitrogens with zero attached hydrogens (tertiary/aromatic N) is 2. The van der Waals surface area contributed by atoms with E-state index in [0.29, 0.717) is 31.1 Å². The molecule has 3 aromatic rings. The van der Waals surface area contributed by atoms with Gasteiger partial charge in [0, 0.05) is 19.5 Å². The molecule has 2 aromatic carbocycles. The van der Waals surface area contributed by atoms with Crippen molar-refractivity contribution in [2.45, 2.75) is 12.5 Å². The minimum absolute atomic E-state index is 0.303. The fourth-order valence-corrected chi connectivity index (χ4v) is 3.33. The van der Waals surface area contributed by atoms with E-state index in [0.717, 1.165) is 36.0 Å². The number of hydrogen-bond donors (Lipinski definition) is 1. The number of benzene rings is 2. The highest BCUT2D eigenvalue weighted by Gasteiger charge is 2.25. The summed E-state index contributed by atoms with van der Waals surface area (Å²) in [6.07, 6.45) is -0.290. The second-order valence-corrected chi connectivity index (χ2v) is 6.74. The summed E-state index contributed by atoms with van der Waals surface area (Å²) >= 11 is 0. The maximum atomic E-state index is 10.8. The summed E-state index contributed by atoms with van der Waals surface area (Å²) in [7, 11) is 1.62. The van der Waals surface area contributed by atoms with Gasteiger partial charge in [0.25, 0.3) is 0 Å². The fourth-order valence-electron chi connectivity index (χ4n) is 3.33. The average molecular weight is 380 g/mol. The van der Waals surface area contributed by atoms with Crippen LogP contribution in [0.1, 0.15) is 28.8 Å². The number of aromatic nitrogens is 1. The third kappa shape index (κ3) is 4.03. The summed E-state index contributed by atoms with van der Waals surface area (Å²) in [6.45, 7) is 2.80. The Morgan fingerprint density at radius 3 is 2.46 bits per heavy atom. The number of hydrogen-bond acceptors (Lipinski definition) is 6. The van der Waals surface area contributed by atoms with Crippen LogP contribution >= 0.6 is 0 Å². The Kier molecular flexibility index (Phi) is 5.60. The zero-order valence-corrected chi connectivity index (χ0v) is 15.9. The number of aliphatic hydroxyl groups excluding tert-OH is 1. The van der Waals surface area contributed by atoms with Crippen molar-refractivity contribution in [2.24, 2.45) is 0 Å². The third-order valence-corrected chi connectivity index (χ3v) is 4.87. The van der Waals surface area contributed by atoms with Gasteiger partial charge in [0.1, 0.15) is 11.4 Å². The molecule has 6 heteroatoms. The molecule has 4 rings (SSSR count). The molecule has 0 unspecified atom stereocenters. The standard InChI is InChI=1S/C22H24N2O4/c1-26-18-9-7-17(8-10-18)20(25)21-23-19(15-16-5-3-2-4-6-16)22(28-21)24-11-13-27-14-12-24/h2-10,20,25H,11-15H2,1H3/t20-/m0/s1. The molecular weight excluding hydrogens is 356 g/mol. The van der Waals surface area contributed by atoms with Crippen molar-refractivity contribution < 1.29 is 19.0 Å². The Morgan fingerprint density at radius 1 is 1.07 bits per heavy atom. The van der Waals surface area contributed by atoms with Gasteiger partial charge in [-0.3, -0.25) is 0 Å². The van der Waals surface area contributed by atoms with Gasteiger partial charge in [0.15, 0.2) is 6.10 Å². The van der Waals surface area contributed by atoms with E-state index in [1.54, 1.807) is 7.11 Å². The molecule has 0 radical (unpaired) electrons. The molecule has 1 saturated heterocycles. The first-order chi connectivity index (χ1) is 13.7. The molecule has 1 atom stereocenters. The maximum Gasteiger partial charge on any atom is 0.230 e. The number of methoxy groups -OCH3 is 1. The Morgan fingerprint density at radius 2 is 1.79 bits per heavy atom. The summed E-state index contributed by atoms with van der Waals surface area (Å²) in [5.74, 6) is 1.76. The second-order valence-electron chi connectivity index (χ2n) is 6.74. The van der Waals surface area contributed by atoms with Gasteiger partial charge in [0.05, 0.1) is 20.3 Å². The van der Waals surface area contributed by atoms with Gasteiger partial charge < -0.3 is 23.9 Å². The van der Waals surface area contributed by atoms with Crippen molar-refractivity contribution in [1.29, 1.82) is 0 Å². The van der Waals surface area contributed by atoms with Crippen molar-refractivity contribution in [3.05, 3.63) is 77.3 Å². The van der Waals surface area contributed by atoms with E-state index in [-0.39, 0.29) is 0 Å². The molecule has 2 heterocycles. The predicted octanol–water partition coefficient (Wildman–Crippen LogP) is 3.19. The summed E-state index contributed by atoms with van der Waals surface area (Å²) in [5, 5.41) is 10.8. The molecule has 146 valence electrons. The van der Waals surface area contributed by atoms with Gasteiger partial charge in [-0.15, -0.1) is 0 Å². The van der Waals surface area contributed by atoms with Crippen molar-refractivity contribution in [3.8, 4) is 5.75 Å². The van der Waals surface area contributed by atoms with E-state index in [1.807, 2.05) is 42.5 Å². The minimum Gasteiger partial charge on any atom is -0.497 e. The highest BCUT2D eigenvalue weighted by molar-refractivity contribution is 5.45. The molecular formula is C22H24N2O4. The Balaban J connectivity index is 1.65. The van der Waals surface area contributed by atoms with E-state index in [9.17, 15) is 5.11 Å². The number of ether oxygens (including phenoxy) is 2. The van der Waals surface area contributed by atoms with Gasteiger partial charge in [-0.05, 0) is 23.3 Å². The molecule has 0 saturated carbocycles. The Hall–Kier alpha value is -2.83. The monoisotopic (exact) mass is 380 g/mol. The van der Waals surface area contributed by atoms with Crippen LogP contribution in [-0.4, -0.2) is 43.5 Å². The van der Waals surface area contributed by atoms with Crippen molar-refractivity contribution in [2.75, 3.05) is 38.3 Å². The molecule has 1 aliphatic heterocycles. The minimum atomic E-state index is -0.935. The number of rotatable bonds is 6. The van der Waals surface area contributed by atoms with Crippen LogP contribution in [-0.2, 0) is 11.2 Å². The van der Waals surface area contributed by atoms with Crippen molar-refractivity contribution >= 4 is 5.88 Å². The topological polar surface area (TPSA) is 68.0 Å². The van der Waals surface area contributed by atoms with Gasteiger partial charge in [0.2, 0.25) is 11.8 Å². The first-order valence-electron chi connectivity index (χ1n) is 9.43. The zero-order chi connectivity index (χ0) is 19.3. The molecule has 0 aliphatic carbocycles. The molecule has 0 amide bonds. The first-order valence-corrected chi connectivity index (χ1v) is 9.43. The Labute approximate surface area is 164 Å². The van der Waals surface area contributed by atoms with Crippen molar-refractivity contribution in [3.63, 3.8) is 0 Å².